The highest BCUT2D eigenvalue weighted by atomic mass is 32.1. The lowest BCUT2D eigenvalue weighted by Gasteiger charge is -2.15. The van der Waals surface area contributed by atoms with E-state index in [1.165, 1.54) is 13.2 Å². The smallest absolute Gasteiger partial charge is 0.407 e. The van der Waals surface area contributed by atoms with Crippen LogP contribution < -0.4 is 24.8 Å². The van der Waals surface area contributed by atoms with Crippen LogP contribution in [0.4, 0.5) is 13.6 Å². The van der Waals surface area contributed by atoms with Crippen molar-refractivity contribution >= 4 is 39.3 Å². The number of fused-ring (bicyclic) bond motifs is 5. The Morgan fingerprint density at radius 1 is 0.893 bits per heavy atom. The van der Waals surface area contributed by atoms with Crippen molar-refractivity contribution in [1.29, 1.82) is 0 Å². The summed E-state index contributed by atoms with van der Waals surface area (Å²) in [5.74, 6) is -2.39. The predicted octanol–water partition coefficient (Wildman–Crippen LogP) is 8.24. The van der Waals surface area contributed by atoms with Crippen LogP contribution in [-0.4, -0.2) is 57.9 Å². The normalized spacial score (nSPS) is 13.4. The fourth-order valence-electron chi connectivity index (χ4n) is 7.18. The first-order valence-electron chi connectivity index (χ1n) is 18.5. The van der Waals surface area contributed by atoms with E-state index in [-0.39, 0.29) is 68.0 Å². The number of ether oxygens (including phenoxy) is 5. The number of aryl methyl sites for hydroxylation is 1. The number of thiophene rings is 1. The van der Waals surface area contributed by atoms with Gasteiger partial charge in [0.05, 0.1) is 37.7 Å². The van der Waals surface area contributed by atoms with Crippen molar-refractivity contribution in [2.75, 3.05) is 40.1 Å². The lowest BCUT2D eigenvalue weighted by molar-refractivity contribution is -0.147. The largest absolute Gasteiger partial charge is 0.493 e. The first-order chi connectivity index (χ1) is 27.1. The van der Waals surface area contributed by atoms with Gasteiger partial charge in [-0.15, -0.1) is 11.3 Å². The molecular weight excluding hydrogens is 743 g/mol. The summed E-state index contributed by atoms with van der Waals surface area (Å²) in [5, 5.41) is 5.96. The highest BCUT2D eigenvalue weighted by molar-refractivity contribution is 7.20. The summed E-state index contributed by atoms with van der Waals surface area (Å²) in [4.78, 5) is 38.6. The maximum absolute atomic E-state index is 15.7. The van der Waals surface area contributed by atoms with Crippen molar-refractivity contribution in [1.82, 2.24) is 10.6 Å². The van der Waals surface area contributed by atoms with Crippen LogP contribution in [0, 0.1) is 24.5 Å². The van der Waals surface area contributed by atoms with Crippen LogP contribution in [0.5, 0.6) is 17.2 Å². The van der Waals surface area contributed by atoms with E-state index in [4.69, 9.17) is 23.7 Å². The average molecular weight is 785 g/mol. The van der Waals surface area contributed by atoms with Crippen molar-refractivity contribution in [2.45, 2.75) is 45.7 Å². The van der Waals surface area contributed by atoms with Crippen molar-refractivity contribution in [3.63, 3.8) is 0 Å². The minimum absolute atomic E-state index is 0.0370. The molecule has 1 atom stereocenters. The second-order valence-corrected chi connectivity index (χ2v) is 14.9. The summed E-state index contributed by atoms with van der Waals surface area (Å²) >= 11 is 1.14. The molecule has 0 saturated carbocycles. The zero-order valence-electron chi connectivity index (χ0n) is 31.3. The van der Waals surface area contributed by atoms with Crippen LogP contribution >= 0.6 is 11.3 Å². The van der Waals surface area contributed by atoms with Gasteiger partial charge in [-0.25, -0.2) is 13.6 Å². The third-order valence-corrected chi connectivity index (χ3v) is 11.2. The van der Waals surface area contributed by atoms with Crippen LogP contribution in [0.2, 0.25) is 0 Å². The molecule has 56 heavy (non-hydrogen) atoms. The number of ketones is 1. The van der Waals surface area contributed by atoms with Crippen LogP contribution in [0.3, 0.4) is 0 Å². The lowest BCUT2D eigenvalue weighted by Crippen LogP contribution is -2.30. The molecule has 0 fully saturated rings. The fraction of sp³-hybridized carbons (Fsp3) is 0.326. The molecule has 1 aliphatic heterocycles. The number of Topliss-reactive ketones (excluding diaryl/α,β-unsaturated/α-hetero) is 1. The Bertz CT molecular complexity index is 2250. The maximum atomic E-state index is 15.7. The van der Waals surface area contributed by atoms with E-state index >= 15 is 8.78 Å². The number of benzene rings is 4. The molecule has 1 amide bonds. The second kappa shape index (κ2) is 17.1. The van der Waals surface area contributed by atoms with Gasteiger partial charge < -0.3 is 34.3 Å². The van der Waals surface area contributed by atoms with Gasteiger partial charge in [-0.05, 0) is 58.5 Å². The molecule has 4 aromatic carbocycles. The second-order valence-electron chi connectivity index (χ2n) is 13.8. The van der Waals surface area contributed by atoms with E-state index < -0.39 is 29.6 Å². The standard InChI is InChI=1S/C43H42F2N2O8S/c1-24-18-36-31(38(44)40(24)52-14-8-15-53-41-35(51-3)19-26-21-46-22-32(26)39(41)45)20-37(56-36)34(48)17-25(2)42(49)54-16-13-47-43(50)55-23-33-29-11-6-4-9-27(29)28-10-5-7-12-30(28)33/h4-7,9-12,18-20,25,33,46H,8,13-17,21-23H2,1-3H3,(H,47,50)/t25-/m0/s1. The van der Waals surface area contributed by atoms with E-state index in [0.717, 1.165) is 39.2 Å². The quantitative estimate of drug-likeness (QED) is 0.0579. The zero-order valence-corrected chi connectivity index (χ0v) is 32.1. The first-order valence-corrected chi connectivity index (χ1v) is 19.3. The molecule has 10 nitrogen and oxygen atoms in total. The van der Waals surface area contributed by atoms with E-state index in [9.17, 15) is 14.4 Å². The highest BCUT2D eigenvalue weighted by Crippen LogP contribution is 2.44. The summed E-state index contributed by atoms with van der Waals surface area (Å²) in [7, 11) is 1.46. The molecule has 5 aromatic rings. The van der Waals surface area contributed by atoms with E-state index in [1.807, 2.05) is 36.4 Å². The van der Waals surface area contributed by atoms with Gasteiger partial charge in [0.25, 0.3) is 0 Å². The van der Waals surface area contributed by atoms with Crippen molar-refractivity contribution in [3.05, 3.63) is 111 Å². The van der Waals surface area contributed by atoms with Gasteiger partial charge in [0.15, 0.2) is 34.7 Å². The molecular formula is C43H42F2N2O8S. The molecule has 292 valence electrons. The number of nitrogens with one attached hydrogen (secondary N) is 2. The van der Waals surface area contributed by atoms with Gasteiger partial charge in [0.2, 0.25) is 0 Å². The van der Waals surface area contributed by atoms with Crippen molar-refractivity contribution in [3.8, 4) is 28.4 Å². The molecule has 1 aromatic heterocycles. The molecule has 0 spiro atoms. The molecule has 2 heterocycles. The van der Waals surface area contributed by atoms with Gasteiger partial charge in [0.1, 0.15) is 13.2 Å². The molecule has 2 aliphatic rings. The molecule has 0 saturated heterocycles. The number of carbonyl (C=O) groups excluding carboxylic acids is 3. The van der Waals surface area contributed by atoms with Crippen molar-refractivity contribution < 1.29 is 46.8 Å². The van der Waals surface area contributed by atoms with E-state index in [2.05, 4.69) is 22.8 Å². The van der Waals surface area contributed by atoms with E-state index in [1.54, 1.807) is 26.0 Å². The number of carbonyl (C=O) groups is 3. The zero-order chi connectivity index (χ0) is 39.3. The van der Waals surface area contributed by atoms with E-state index in [0.29, 0.717) is 46.0 Å². The molecule has 13 heteroatoms. The summed E-state index contributed by atoms with van der Waals surface area (Å²) in [6.45, 7) is 4.61. The van der Waals surface area contributed by atoms with Crippen LogP contribution in [0.25, 0.3) is 21.2 Å². The molecule has 1 aliphatic carbocycles. The fourth-order valence-corrected chi connectivity index (χ4v) is 8.28. The monoisotopic (exact) mass is 784 g/mol. The molecule has 2 N–H and O–H groups in total. The third-order valence-electron chi connectivity index (χ3n) is 10.0. The number of methoxy groups -OCH3 is 1. The predicted molar refractivity (Wildman–Crippen MR) is 208 cm³/mol. The average Bonchev–Trinajstić information content (AvgIpc) is 3.93. The minimum Gasteiger partial charge on any atom is -0.493 e. The number of rotatable bonds is 16. The Kier molecular flexibility index (Phi) is 11.8. The number of hydrogen-bond donors (Lipinski definition) is 2. The lowest BCUT2D eigenvalue weighted by atomic mass is 9.98. The number of amides is 1. The Labute approximate surface area is 327 Å². The number of halogens is 2. The van der Waals surface area contributed by atoms with Gasteiger partial charge in [-0.2, -0.15) is 0 Å². The molecule has 0 radical (unpaired) electrons. The molecule has 0 unspecified atom stereocenters. The third kappa shape index (κ3) is 8.05. The first kappa shape index (κ1) is 38.7. The van der Waals surface area contributed by atoms with Crippen LogP contribution in [0.1, 0.15) is 63.2 Å². The van der Waals surface area contributed by atoms with Gasteiger partial charge in [0, 0.05) is 47.5 Å². The van der Waals surface area contributed by atoms with Gasteiger partial charge >= 0.3 is 12.1 Å². The number of alkyl carbamates (subject to hydrolysis) is 1. The number of esters is 1. The summed E-state index contributed by atoms with van der Waals surface area (Å²) in [5.41, 5.74) is 6.42. The minimum atomic E-state index is -0.767. The Morgan fingerprint density at radius 2 is 1.59 bits per heavy atom. The number of hydrogen-bond acceptors (Lipinski definition) is 10. The Morgan fingerprint density at radius 3 is 2.30 bits per heavy atom. The maximum Gasteiger partial charge on any atom is 0.407 e. The Hall–Kier alpha value is -5.53. The summed E-state index contributed by atoms with van der Waals surface area (Å²) in [6.07, 6.45) is -0.411. The van der Waals surface area contributed by atoms with Gasteiger partial charge in [-0.1, -0.05) is 55.5 Å². The molecule has 0 bridgehead atoms. The Balaban J connectivity index is 0.848. The van der Waals surface area contributed by atoms with Crippen LogP contribution in [-0.2, 0) is 27.4 Å². The molecule has 7 rings (SSSR count). The van der Waals surface area contributed by atoms with Gasteiger partial charge in [-0.3, -0.25) is 9.59 Å². The SMILES string of the molecule is COc1cc2c(c(F)c1OCCCOc1c(C)cc3sc(C(=O)C[C@H](C)C(=O)OCCNC(=O)OCC4c5ccccc5-c5ccccc54)cc3c1F)CNC2. The van der Waals surface area contributed by atoms with Crippen molar-refractivity contribution in [2.24, 2.45) is 5.92 Å². The summed E-state index contributed by atoms with van der Waals surface area (Å²) in [6, 6.07) is 21.1. The highest BCUT2D eigenvalue weighted by Gasteiger charge is 2.29. The van der Waals surface area contributed by atoms with Crippen LogP contribution in [0.15, 0.2) is 66.7 Å². The summed E-state index contributed by atoms with van der Waals surface area (Å²) < 4.78 is 59.0. The topological polar surface area (TPSA) is 121 Å².